The lowest BCUT2D eigenvalue weighted by atomic mass is 9.74. The first-order chi connectivity index (χ1) is 17.4. The van der Waals surface area contributed by atoms with Crippen molar-refractivity contribution >= 4 is 29.1 Å². The molecule has 0 aromatic heterocycles. The van der Waals surface area contributed by atoms with Crippen LogP contribution in [0.15, 0.2) is 60.7 Å². The lowest BCUT2D eigenvalue weighted by Crippen LogP contribution is -2.56. The lowest BCUT2D eigenvalue weighted by Gasteiger charge is -2.33. The molecular weight excluding hydrogens is 461 g/mol. The fraction of sp³-hybridized carbons (Fsp3) is 0.393. The molecule has 8 heteroatoms. The maximum Gasteiger partial charge on any atom is 0.246 e. The van der Waals surface area contributed by atoms with E-state index in [1.54, 1.807) is 30.4 Å². The van der Waals surface area contributed by atoms with Gasteiger partial charge in [-0.05, 0) is 44.0 Å². The topological polar surface area (TPSA) is 87.7 Å². The van der Waals surface area contributed by atoms with Crippen LogP contribution in [-0.2, 0) is 19.1 Å². The van der Waals surface area contributed by atoms with Crippen LogP contribution in [0.1, 0.15) is 31.2 Å². The van der Waals surface area contributed by atoms with Gasteiger partial charge in [0.25, 0.3) is 0 Å². The molecule has 6 rings (SSSR count). The Balaban J connectivity index is 1.38. The van der Waals surface area contributed by atoms with Gasteiger partial charge in [0.15, 0.2) is 0 Å². The largest absolute Gasteiger partial charge is 0.359 e. The molecular formula is C28H28FN3O4. The Morgan fingerprint density at radius 3 is 2.50 bits per heavy atom. The molecule has 36 heavy (non-hydrogen) atoms. The molecule has 7 nitrogen and oxygen atoms in total. The third-order valence-electron chi connectivity index (χ3n) is 7.96. The van der Waals surface area contributed by atoms with Crippen molar-refractivity contribution in [2.45, 2.75) is 56.4 Å². The van der Waals surface area contributed by atoms with Crippen molar-refractivity contribution in [2.24, 2.45) is 11.8 Å². The van der Waals surface area contributed by atoms with Crippen LogP contribution in [0.2, 0.25) is 0 Å². The monoisotopic (exact) mass is 489 g/mol. The highest BCUT2D eigenvalue weighted by Gasteiger charge is 2.73. The quantitative estimate of drug-likeness (QED) is 0.630. The van der Waals surface area contributed by atoms with Gasteiger partial charge in [0.05, 0.1) is 23.6 Å². The highest BCUT2D eigenvalue weighted by atomic mass is 19.1. The van der Waals surface area contributed by atoms with Crippen molar-refractivity contribution in [3.8, 4) is 0 Å². The number of carbonyl (C=O) groups excluding carboxylic acids is 3. The number of anilines is 2. The van der Waals surface area contributed by atoms with Crippen LogP contribution in [0.3, 0.4) is 0 Å². The molecule has 1 spiro atoms. The molecule has 3 heterocycles. The van der Waals surface area contributed by atoms with Gasteiger partial charge in [-0.25, -0.2) is 4.39 Å². The van der Waals surface area contributed by atoms with Gasteiger partial charge < -0.3 is 15.4 Å². The average molecular weight is 490 g/mol. The van der Waals surface area contributed by atoms with Crippen molar-refractivity contribution in [1.82, 2.24) is 5.32 Å². The number of ether oxygens (including phenoxy) is 1. The first kappa shape index (κ1) is 22.9. The molecule has 0 radical (unpaired) electrons. The van der Waals surface area contributed by atoms with Crippen LogP contribution in [0, 0.1) is 24.6 Å². The number of nitrogens with zero attached hydrogens (tertiary/aromatic N) is 1. The minimum Gasteiger partial charge on any atom is -0.359 e. The molecule has 2 saturated heterocycles. The second kappa shape index (κ2) is 8.55. The highest BCUT2D eigenvalue weighted by molar-refractivity contribution is 6.11. The van der Waals surface area contributed by atoms with E-state index in [1.165, 1.54) is 23.1 Å². The molecule has 5 atom stereocenters. The Labute approximate surface area is 208 Å². The molecule has 2 aromatic rings. The summed E-state index contributed by atoms with van der Waals surface area (Å²) < 4.78 is 21.3. The van der Waals surface area contributed by atoms with Crippen LogP contribution in [0.5, 0.6) is 0 Å². The van der Waals surface area contributed by atoms with E-state index < -0.39 is 41.3 Å². The number of carbonyl (C=O) groups is 3. The fourth-order valence-electron chi connectivity index (χ4n) is 6.29. The van der Waals surface area contributed by atoms with Crippen molar-refractivity contribution in [3.05, 3.63) is 72.1 Å². The van der Waals surface area contributed by atoms with Gasteiger partial charge in [-0.15, -0.1) is 0 Å². The Morgan fingerprint density at radius 2 is 1.78 bits per heavy atom. The zero-order valence-corrected chi connectivity index (χ0v) is 19.9. The highest BCUT2D eigenvalue weighted by Crippen LogP contribution is 2.56. The van der Waals surface area contributed by atoms with E-state index in [-0.39, 0.29) is 23.5 Å². The minimum atomic E-state index is -1.35. The molecule has 1 aliphatic carbocycles. The fourth-order valence-corrected chi connectivity index (χ4v) is 6.29. The number of fused-ring (bicyclic) bond motifs is 1. The predicted octanol–water partition coefficient (Wildman–Crippen LogP) is 3.49. The Kier molecular flexibility index (Phi) is 5.44. The second-order valence-electron chi connectivity index (χ2n) is 10.2. The molecule has 4 aliphatic rings. The summed E-state index contributed by atoms with van der Waals surface area (Å²) in [4.78, 5) is 42.4. The van der Waals surface area contributed by atoms with Crippen LogP contribution < -0.4 is 15.5 Å². The standard InChI is InChI=1S/C28H28FN3O4/c1-16-10-12-18(13-11-16)30-25(33)22-21-14-15-28(36-21)23(22)27(35)32(20-9-5-4-8-19(20)29)24(28)26(34)31-17-6-2-3-7-17/h4-5,8-15,17,21-24H,2-3,6-7H2,1H3,(H,30,33)(H,31,34)/t21-,22-,23-,24+,28-/m1/s1. The summed E-state index contributed by atoms with van der Waals surface area (Å²) in [6.07, 6.45) is 6.62. The molecule has 3 fully saturated rings. The number of amides is 3. The van der Waals surface area contributed by atoms with E-state index in [2.05, 4.69) is 10.6 Å². The molecule has 1 saturated carbocycles. The third kappa shape index (κ3) is 3.46. The predicted molar refractivity (Wildman–Crippen MR) is 132 cm³/mol. The Morgan fingerprint density at radius 1 is 1.06 bits per heavy atom. The van der Waals surface area contributed by atoms with Gasteiger partial charge in [0, 0.05) is 11.7 Å². The normalized spacial score (nSPS) is 30.6. The first-order valence-electron chi connectivity index (χ1n) is 12.5. The zero-order chi connectivity index (χ0) is 25.0. The molecule has 2 N–H and O–H groups in total. The lowest BCUT2D eigenvalue weighted by molar-refractivity contribution is -0.129. The summed E-state index contributed by atoms with van der Waals surface area (Å²) >= 11 is 0. The SMILES string of the molecule is Cc1ccc(NC(=O)[C@@H]2[C@H]3C=C[C@]4(O3)[C@H](C(=O)NC3CCCC3)N(c3ccccc3F)C(=O)[C@@H]24)cc1. The van der Waals surface area contributed by atoms with Crippen LogP contribution in [0.25, 0.3) is 0 Å². The van der Waals surface area contributed by atoms with Gasteiger partial charge in [0.2, 0.25) is 17.7 Å². The van der Waals surface area contributed by atoms with Gasteiger partial charge in [-0.2, -0.15) is 0 Å². The van der Waals surface area contributed by atoms with Crippen LogP contribution in [0.4, 0.5) is 15.8 Å². The number of halogens is 1. The summed E-state index contributed by atoms with van der Waals surface area (Å²) in [7, 11) is 0. The number of para-hydroxylation sites is 1. The van der Waals surface area contributed by atoms with Crippen molar-refractivity contribution in [2.75, 3.05) is 10.2 Å². The molecule has 0 unspecified atom stereocenters. The van der Waals surface area contributed by atoms with Crippen molar-refractivity contribution < 1.29 is 23.5 Å². The number of aryl methyl sites for hydroxylation is 1. The minimum absolute atomic E-state index is 0.00809. The van der Waals surface area contributed by atoms with E-state index in [4.69, 9.17) is 4.74 Å². The zero-order valence-electron chi connectivity index (χ0n) is 19.9. The average Bonchev–Trinajstić information content (AvgIpc) is 3.63. The maximum atomic E-state index is 15.0. The number of hydrogen-bond acceptors (Lipinski definition) is 4. The second-order valence-corrected chi connectivity index (χ2v) is 10.2. The molecule has 2 aromatic carbocycles. The molecule has 186 valence electrons. The Bertz CT molecular complexity index is 1260. The Hall–Kier alpha value is -3.52. The summed E-state index contributed by atoms with van der Waals surface area (Å²) in [5.74, 6) is -3.63. The van der Waals surface area contributed by atoms with Gasteiger partial charge in [-0.1, -0.05) is 54.8 Å². The van der Waals surface area contributed by atoms with Gasteiger partial charge >= 0.3 is 0 Å². The van der Waals surface area contributed by atoms with Crippen LogP contribution >= 0.6 is 0 Å². The van der Waals surface area contributed by atoms with E-state index in [0.717, 1.165) is 31.2 Å². The number of nitrogens with one attached hydrogen (secondary N) is 2. The number of benzene rings is 2. The van der Waals surface area contributed by atoms with E-state index in [1.807, 2.05) is 19.1 Å². The smallest absolute Gasteiger partial charge is 0.246 e. The summed E-state index contributed by atoms with van der Waals surface area (Å²) in [5, 5.41) is 5.97. The van der Waals surface area contributed by atoms with E-state index in [9.17, 15) is 18.8 Å². The van der Waals surface area contributed by atoms with E-state index in [0.29, 0.717) is 5.69 Å². The van der Waals surface area contributed by atoms with Crippen molar-refractivity contribution in [3.63, 3.8) is 0 Å². The molecule has 2 bridgehead atoms. The summed E-state index contributed by atoms with van der Waals surface area (Å²) in [6, 6.07) is 12.2. The van der Waals surface area contributed by atoms with Crippen LogP contribution in [-0.4, -0.2) is 41.5 Å². The summed E-state index contributed by atoms with van der Waals surface area (Å²) in [6.45, 7) is 1.95. The molecule has 3 amide bonds. The van der Waals surface area contributed by atoms with Crippen molar-refractivity contribution in [1.29, 1.82) is 0 Å². The third-order valence-corrected chi connectivity index (χ3v) is 7.96. The molecule has 3 aliphatic heterocycles. The van der Waals surface area contributed by atoms with Gasteiger partial charge in [0.1, 0.15) is 17.5 Å². The summed E-state index contributed by atoms with van der Waals surface area (Å²) in [5.41, 5.74) is 0.331. The van der Waals surface area contributed by atoms with Gasteiger partial charge in [-0.3, -0.25) is 19.3 Å². The number of hydrogen-bond donors (Lipinski definition) is 2. The number of rotatable bonds is 5. The van der Waals surface area contributed by atoms with E-state index >= 15 is 0 Å². The first-order valence-corrected chi connectivity index (χ1v) is 12.5. The maximum absolute atomic E-state index is 15.0.